The second-order valence-corrected chi connectivity index (χ2v) is 6.78. The number of phenolic OH excluding ortho intramolecular Hbond substituents is 1. The quantitative estimate of drug-likeness (QED) is 0.745. The van der Waals surface area contributed by atoms with Gasteiger partial charge in [0.2, 0.25) is 0 Å². The van der Waals surface area contributed by atoms with Gasteiger partial charge in [-0.2, -0.15) is 0 Å². The molecular formula is C16H26N2O3. The topological polar surface area (TPSA) is 70.6 Å². The van der Waals surface area contributed by atoms with Crippen LogP contribution in [0.2, 0.25) is 0 Å². The molecule has 0 radical (unpaired) electrons. The molecule has 0 spiro atoms. The molecule has 0 fully saturated rings. The number of aromatic hydroxyl groups is 1. The van der Waals surface area contributed by atoms with Gasteiger partial charge in [-0.05, 0) is 71.8 Å². The van der Waals surface area contributed by atoms with Gasteiger partial charge in [0.25, 0.3) is 0 Å². The molecule has 0 saturated carbocycles. The number of phenols is 1. The minimum Gasteiger partial charge on any atom is -0.508 e. The molecule has 0 unspecified atom stereocenters. The van der Waals surface area contributed by atoms with Gasteiger partial charge >= 0.3 is 6.09 Å². The molecule has 118 valence electrons. The summed E-state index contributed by atoms with van der Waals surface area (Å²) in [6.07, 6.45) is 0.153. The monoisotopic (exact) mass is 294 g/mol. The first kappa shape index (κ1) is 17.3. The van der Waals surface area contributed by atoms with Crippen LogP contribution in [0.4, 0.5) is 10.5 Å². The molecule has 0 atom stereocenters. The fourth-order valence-electron chi connectivity index (χ4n) is 1.83. The Morgan fingerprint density at radius 3 is 2.38 bits per heavy atom. The molecule has 1 amide bonds. The van der Waals surface area contributed by atoms with Crippen molar-refractivity contribution in [3.63, 3.8) is 0 Å². The molecule has 5 heteroatoms. The molecule has 0 aliphatic rings. The van der Waals surface area contributed by atoms with Crippen molar-refractivity contribution >= 4 is 11.8 Å². The zero-order valence-electron chi connectivity index (χ0n) is 13.7. The number of likely N-dealkylation sites (N-methyl/N-ethyl adjacent to an activating group) is 1. The van der Waals surface area contributed by atoms with Gasteiger partial charge in [0.1, 0.15) is 11.4 Å². The zero-order valence-corrected chi connectivity index (χ0v) is 13.7. The molecule has 1 rings (SSSR count). The number of amides is 1. The van der Waals surface area contributed by atoms with Gasteiger partial charge in [0.05, 0.1) is 0 Å². The van der Waals surface area contributed by atoms with Gasteiger partial charge in [0.15, 0.2) is 0 Å². The standard InChI is InChI=1S/C16H26N2O3/c1-15(2,3)21-14(20)18-13-8-7-12(19)9-11(13)10-16(4,5)17-6/h7-9,17,19H,10H2,1-6H3,(H,18,20). The highest BCUT2D eigenvalue weighted by atomic mass is 16.6. The Balaban J connectivity index is 2.94. The third kappa shape index (κ3) is 6.04. The second kappa shape index (κ2) is 6.35. The number of carbonyl (C=O) groups is 1. The maximum atomic E-state index is 11.9. The van der Waals surface area contributed by atoms with E-state index in [4.69, 9.17) is 4.74 Å². The summed E-state index contributed by atoms with van der Waals surface area (Å²) in [5, 5.41) is 15.6. The van der Waals surface area contributed by atoms with Crippen LogP contribution in [0.15, 0.2) is 18.2 Å². The van der Waals surface area contributed by atoms with Crippen molar-refractivity contribution in [2.45, 2.75) is 52.2 Å². The molecule has 0 aliphatic carbocycles. The lowest BCUT2D eigenvalue weighted by atomic mass is 9.94. The fraction of sp³-hybridized carbons (Fsp3) is 0.562. The van der Waals surface area contributed by atoms with Gasteiger partial charge in [-0.1, -0.05) is 0 Å². The lowest BCUT2D eigenvalue weighted by Crippen LogP contribution is -2.38. The lowest BCUT2D eigenvalue weighted by Gasteiger charge is -2.26. The summed E-state index contributed by atoms with van der Waals surface area (Å²) in [6.45, 7) is 9.54. The summed E-state index contributed by atoms with van der Waals surface area (Å²) in [6, 6.07) is 4.88. The molecule has 21 heavy (non-hydrogen) atoms. The Labute approximate surface area is 126 Å². The van der Waals surface area contributed by atoms with Crippen LogP contribution in [0.25, 0.3) is 0 Å². The summed E-state index contributed by atoms with van der Waals surface area (Å²) in [5.41, 5.74) is 0.786. The maximum Gasteiger partial charge on any atom is 0.412 e. The highest BCUT2D eigenvalue weighted by Gasteiger charge is 2.21. The molecule has 0 heterocycles. The SMILES string of the molecule is CNC(C)(C)Cc1cc(O)ccc1NC(=O)OC(C)(C)C. The summed E-state index contributed by atoms with van der Waals surface area (Å²) in [5.74, 6) is 0.173. The smallest absolute Gasteiger partial charge is 0.412 e. The van der Waals surface area contributed by atoms with E-state index in [2.05, 4.69) is 10.6 Å². The Bertz CT molecular complexity index is 505. The van der Waals surface area contributed by atoms with Crippen LogP contribution in [0.3, 0.4) is 0 Å². The third-order valence-corrected chi connectivity index (χ3v) is 3.03. The van der Waals surface area contributed by atoms with Crippen LogP contribution >= 0.6 is 0 Å². The van der Waals surface area contributed by atoms with E-state index in [1.165, 1.54) is 0 Å². The average molecular weight is 294 g/mol. The van der Waals surface area contributed by atoms with Gasteiger partial charge in [-0.3, -0.25) is 5.32 Å². The number of anilines is 1. The summed E-state index contributed by atoms with van der Waals surface area (Å²) < 4.78 is 5.26. The molecule has 0 bridgehead atoms. The first-order chi connectivity index (χ1) is 9.52. The largest absolute Gasteiger partial charge is 0.508 e. The van der Waals surface area contributed by atoms with Crippen molar-refractivity contribution in [3.8, 4) is 5.75 Å². The first-order valence-corrected chi connectivity index (χ1v) is 7.03. The fourth-order valence-corrected chi connectivity index (χ4v) is 1.83. The van der Waals surface area contributed by atoms with E-state index in [1.807, 2.05) is 41.7 Å². The van der Waals surface area contributed by atoms with Crippen LogP contribution in [0.1, 0.15) is 40.2 Å². The Morgan fingerprint density at radius 1 is 1.24 bits per heavy atom. The van der Waals surface area contributed by atoms with E-state index in [1.54, 1.807) is 18.2 Å². The van der Waals surface area contributed by atoms with Crippen LogP contribution < -0.4 is 10.6 Å². The van der Waals surface area contributed by atoms with Crippen LogP contribution in [-0.2, 0) is 11.2 Å². The second-order valence-electron chi connectivity index (χ2n) is 6.78. The molecule has 1 aromatic carbocycles. The van der Waals surface area contributed by atoms with Crippen molar-refractivity contribution < 1.29 is 14.6 Å². The summed E-state index contributed by atoms with van der Waals surface area (Å²) >= 11 is 0. The number of benzene rings is 1. The summed E-state index contributed by atoms with van der Waals surface area (Å²) in [7, 11) is 1.88. The highest BCUT2D eigenvalue weighted by molar-refractivity contribution is 5.86. The number of rotatable bonds is 4. The van der Waals surface area contributed by atoms with Gasteiger partial charge in [0, 0.05) is 11.2 Å². The molecule has 0 aromatic heterocycles. The molecule has 0 aliphatic heterocycles. The summed E-state index contributed by atoms with van der Waals surface area (Å²) in [4.78, 5) is 11.9. The molecule has 1 aromatic rings. The number of ether oxygens (including phenoxy) is 1. The van der Waals surface area contributed by atoms with E-state index in [0.717, 1.165) is 5.56 Å². The Morgan fingerprint density at radius 2 is 1.86 bits per heavy atom. The molecule has 0 saturated heterocycles. The number of carbonyl (C=O) groups excluding carboxylic acids is 1. The zero-order chi connectivity index (χ0) is 16.3. The maximum absolute atomic E-state index is 11.9. The third-order valence-electron chi connectivity index (χ3n) is 3.03. The van der Waals surface area contributed by atoms with Crippen molar-refractivity contribution in [2.75, 3.05) is 12.4 Å². The normalized spacial score (nSPS) is 12.1. The lowest BCUT2D eigenvalue weighted by molar-refractivity contribution is 0.0635. The molecule has 5 nitrogen and oxygen atoms in total. The number of hydrogen-bond acceptors (Lipinski definition) is 4. The minimum atomic E-state index is -0.550. The molecular weight excluding hydrogens is 268 g/mol. The van der Waals surface area contributed by atoms with E-state index < -0.39 is 11.7 Å². The van der Waals surface area contributed by atoms with E-state index in [9.17, 15) is 9.90 Å². The Hall–Kier alpha value is -1.75. The van der Waals surface area contributed by atoms with Crippen molar-refractivity contribution in [2.24, 2.45) is 0 Å². The van der Waals surface area contributed by atoms with Crippen LogP contribution in [0, 0.1) is 0 Å². The minimum absolute atomic E-state index is 0.155. The molecule has 3 N–H and O–H groups in total. The Kier molecular flexibility index (Phi) is 5.23. The highest BCUT2D eigenvalue weighted by Crippen LogP contribution is 2.25. The average Bonchev–Trinajstić information content (AvgIpc) is 2.30. The predicted octanol–water partition coefficient (Wildman–Crippen LogP) is 3.28. The number of nitrogens with one attached hydrogen (secondary N) is 2. The van der Waals surface area contributed by atoms with Gasteiger partial charge < -0.3 is 15.2 Å². The van der Waals surface area contributed by atoms with Crippen LogP contribution in [0.5, 0.6) is 5.75 Å². The van der Waals surface area contributed by atoms with Gasteiger partial charge in [-0.15, -0.1) is 0 Å². The van der Waals surface area contributed by atoms with Crippen molar-refractivity contribution in [3.05, 3.63) is 23.8 Å². The van der Waals surface area contributed by atoms with Crippen LogP contribution in [-0.4, -0.2) is 29.4 Å². The predicted molar refractivity (Wildman–Crippen MR) is 84.8 cm³/mol. The first-order valence-electron chi connectivity index (χ1n) is 7.03. The van der Waals surface area contributed by atoms with E-state index in [0.29, 0.717) is 12.1 Å². The van der Waals surface area contributed by atoms with Crippen molar-refractivity contribution in [1.82, 2.24) is 5.32 Å². The van der Waals surface area contributed by atoms with E-state index in [-0.39, 0.29) is 11.3 Å². The van der Waals surface area contributed by atoms with E-state index >= 15 is 0 Å². The number of hydrogen-bond donors (Lipinski definition) is 3. The van der Waals surface area contributed by atoms with Gasteiger partial charge in [-0.25, -0.2) is 4.79 Å². The van der Waals surface area contributed by atoms with Crippen molar-refractivity contribution in [1.29, 1.82) is 0 Å².